The number of hydrogen-bond donors (Lipinski definition) is 2. The van der Waals surface area contributed by atoms with Crippen molar-refractivity contribution >= 4 is 40.1 Å². The number of amides is 2. The van der Waals surface area contributed by atoms with E-state index < -0.39 is 5.54 Å². The summed E-state index contributed by atoms with van der Waals surface area (Å²) in [4.78, 5) is 24.1. The summed E-state index contributed by atoms with van der Waals surface area (Å²) in [6, 6.07) is 7.65. The Morgan fingerprint density at radius 3 is 2.40 bits per heavy atom. The normalized spacial score (nSPS) is 17.3. The van der Waals surface area contributed by atoms with E-state index in [2.05, 4.69) is 33.2 Å². The lowest BCUT2D eigenvalue weighted by atomic mass is 9.80. The second-order valence-electron chi connectivity index (χ2n) is 5.26. The van der Waals surface area contributed by atoms with Crippen molar-refractivity contribution in [1.82, 2.24) is 5.32 Å². The zero-order valence-corrected chi connectivity index (χ0v) is 13.7. The fourth-order valence-corrected chi connectivity index (χ4v) is 3.23. The summed E-state index contributed by atoms with van der Waals surface area (Å²) >= 11 is 2.19. The summed E-state index contributed by atoms with van der Waals surface area (Å²) in [5.74, 6) is -0.249. The van der Waals surface area contributed by atoms with Crippen molar-refractivity contribution in [3.63, 3.8) is 0 Å². The fraction of sp³-hybridized carbons (Fsp3) is 0.467. The Labute approximate surface area is 132 Å². The van der Waals surface area contributed by atoms with Crippen molar-refractivity contribution in [2.75, 3.05) is 5.32 Å². The van der Waals surface area contributed by atoms with Crippen LogP contribution in [0.3, 0.4) is 0 Å². The van der Waals surface area contributed by atoms with Gasteiger partial charge in [-0.05, 0) is 47.6 Å². The fourth-order valence-electron chi connectivity index (χ4n) is 2.71. The SMILES string of the molecule is CC(=O)NC1(C(=O)Nc2ccccc2I)CCCCC1. The summed E-state index contributed by atoms with van der Waals surface area (Å²) in [7, 11) is 0. The third-order valence-electron chi connectivity index (χ3n) is 3.68. The summed E-state index contributed by atoms with van der Waals surface area (Å²) in [6.07, 6.45) is 4.49. The molecule has 1 aliphatic rings. The molecule has 0 radical (unpaired) electrons. The molecule has 20 heavy (non-hydrogen) atoms. The van der Waals surface area contributed by atoms with Crippen molar-refractivity contribution in [2.45, 2.75) is 44.6 Å². The van der Waals surface area contributed by atoms with Gasteiger partial charge in [0, 0.05) is 10.5 Å². The summed E-state index contributed by atoms with van der Waals surface area (Å²) in [5.41, 5.74) is 0.0524. The Hall–Kier alpha value is -1.11. The highest BCUT2D eigenvalue weighted by atomic mass is 127. The van der Waals surface area contributed by atoms with E-state index in [-0.39, 0.29) is 11.8 Å². The van der Waals surface area contributed by atoms with Crippen molar-refractivity contribution < 1.29 is 9.59 Å². The van der Waals surface area contributed by atoms with Crippen LogP contribution in [0.25, 0.3) is 0 Å². The van der Waals surface area contributed by atoms with E-state index in [1.54, 1.807) is 0 Å². The lowest BCUT2D eigenvalue weighted by Crippen LogP contribution is -2.57. The zero-order chi connectivity index (χ0) is 14.6. The lowest BCUT2D eigenvalue weighted by molar-refractivity contribution is -0.130. The zero-order valence-electron chi connectivity index (χ0n) is 11.5. The molecule has 2 N–H and O–H groups in total. The maximum atomic E-state index is 12.6. The van der Waals surface area contributed by atoms with Crippen LogP contribution in [0.1, 0.15) is 39.0 Å². The minimum absolute atomic E-state index is 0.100. The van der Waals surface area contributed by atoms with Gasteiger partial charge in [-0.1, -0.05) is 31.4 Å². The largest absolute Gasteiger partial charge is 0.342 e. The molecule has 0 unspecified atom stereocenters. The third-order valence-corrected chi connectivity index (χ3v) is 4.62. The molecule has 1 aromatic rings. The number of rotatable bonds is 3. The quantitative estimate of drug-likeness (QED) is 0.785. The van der Waals surface area contributed by atoms with Crippen LogP contribution in [0, 0.1) is 3.57 Å². The van der Waals surface area contributed by atoms with Gasteiger partial charge < -0.3 is 10.6 Å². The van der Waals surface area contributed by atoms with E-state index in [1.807, 2.05) is 24.3 Å². The topological polar surface area (TPSA) is 58.2 Å². The molecule has 0 heterocycles. The molecule has 0 aromatic heterocycles. The van der Waals surface area contributed by atoms with Crippen LogP contribution >= 0.6 is 22.6 Å². The first-order valence-electron chi connectivity index (χ1n) is 6.88. The van der Waals surface area contributed by atoms with Crippen molar-refractivity contribution in [2.24, 2.45) is 0 Å². The molecule has 5 heteroatoms. The van der Waals surface area contributed by atoms with Crippen LogP contribution in [0.5, 0.6) is 0 Å². The van der Waals surface area contributed by atoms with Crippen LogP contribution in [0.4, 0.5) is 5.69 Å². The third kappa shape index (κ3) is 3.50. The monoisotopic (exact) mass is 386 g/mol. The molecular formula is C15H19IN2O2. The number of nitrogens with one attached hydrogen (secondary N) is 2. The summed E-state index contributed by atoms with van der Waals surface area (Å²) in [6.45, 7) is 1.47. The van der Waals surface area contributed by atoms with Gasteiger partial charge in [0.25, 0.3) is 0 Å². The maximum Gasteiger partial charge on any atom is 0.250 e. The Morgan fingerprint density at radius 1 is 1.15 bits per heavy atom. The molecular weight excluding hydrogens is 367 g/mol. The van der Waals surface area contributed by atoms with Crippen molar-refractivity contribution in [3.05, 3.63) is 27.8 Å². The minimum atomic E-state index is -0.747. The number of carbonyl (C=O) groups excluding carboxylic acids is 2. The molecule has 0 aliphatic heterocycles. The number of hydrogen-bond acceptors (Lipinski definition) is 2. The van der Waals surface area contributed by atoms with Crippen molar-refractivity contribution in [1.29, 1.82) is 0 Å². The van der Waals surface area contributed by atoms with Gasteiger partial charge in [0.2, 0.25) is 11.8 Å². The minimum Gasteiger partial charge on any atom is -0.342 e. The Bertz CT molecular complexity index is 510. The highest BCUT2D eigenvalue weighted by molar-refractivity contribution is 14.1. The van der Waals surface area contributed by atoms with Crippen LogP contribution in [0.2, 0.25) is 0 Å². The molecule has 1 aromatic carbocycles. The highest BCUT2D eigenvalue weighted by Crippen LogP contribution is 2.30. The molecule has 0 spiro atoms. The van der Waals surface area contributed by atoms with Crippen LogP contribution in [0.15, 0.2) is 24.3 Å². The molecule has 0 bridgehead atoms. The molecule has 108 valence electrons. The second kappa shape index (κ2) is 6.56. The predicted octanol–water partition coefficient (Wildman–Crippen LogP) is 3.07. The molecule has 0 saturated heterocycles. The highest BCUT2D eigenvalue weighted by Gasteiger charge is 2.40. The smallest absolute Gasteiger partial charge is 0.250 e. The van der Waals surface area contributed by atoms with E-state index in [1.165, 1.54) is 6.92 Å². The van der Waals surface area contributed by atoms with E-state index >= 15 is 0 Å². The predicted molar refractivity (Wildman–Crippen MR) is 87.4 cm³/mol. The molecule has 1 fully saturated rings. The van der Waals surface area contributed by atoms with Gasteiger partial charge in [-0.2, -0.15) is 0 Å². The molecule has 1 saturated carbocycles. The van der Waals surface area contributed by atoms with Crippen LogP contribution < -0.4 is 10.6 Å². The Kier molecular flexibility index (Phi) is 5.01. The molecule has 1 aliphatic carbocycles. The van der Waals surface area contributed by atoms with E-state index in [0.29, 0.717) is 12.8 Å². The van der Waals surface area contributed by atoms with Gasteiger partial charge in [0.05, 0.1) is 5.69 Å². The molecule has 4 nitrogen and oxygen atoms in total. The maximum absolute atomic E-state index is 12.6. The first-order chi connectivity index (χ1) is 9.53. The number of benzene rings is 1. The summed E-state index contributed by atoms with van der Waals surface area (Å²) < 4.78 is 0.993. The van der Waals surface area contributed by atoms with Gasteiger partial charge in [0.15, 0.2) is 0 Å². The average molecular weight is 386 g/mol. The molecule has 2 rings (SSSR count). The van der Waals surface area contributed by atoms with Gasteiger partial charge >= 0.3 is 0 Å². The Balaban J connectivity index is 2.18. The Morgan fingerprint density at radius 2 is 1.80 bits per heavy atom. The van der Waals surface area contributed by atoms with E-state index in [0.717, 1.165) is 28.5 Å². The van der Waals surface area contributed by atoms with Crippen molar-refractivity contribution in [3.8, 4) is 0 Å². The van der Waals surface area contributed by atoms with Gasteiger partial charge in [0.1, 0.15) is 5.54 Å². The van der Waals surface area contributed by atoms with Gasteiger partial charge in [-0.3, -0.25) is 9.59 Å². The molecule has 0 atom stereocenters. The number of carbonyl (C=O) groups is 2. The van der Waals surface area contributed by atoms with E-state index in [4.69, 9.17) is 0 Å². The van der Waals surface area contributed by atoms with Crippen LogP contribution in [-0.2, 0) is 9.59 Å². The first kappa shape index (κ1) is 15.3. The number of halogens is 1. The van der Waals surface area contributed by atoms with E-state index in [9.17, 15) is 9.59 Å². The lowest BCUT2D eigenvalue weighted by Gasteiger charge is -2.36. The second-order valence-corrected chi connectivity index (χ2v) is 6.42. The standard InChI is InChI=1S/C15H19IN2O2/c1-11(19)18-15(9-5-2-6-10-15)14(20)17-13-8-4-3-7-12(13)16/h3-4,7-8H,2,5-6,9-10H2,1H3,(H,17,20)(H,18,19). The van der Waals surface area contributed by atoms with Crippen LogP contribution in [-0.4, -0.2) is 17.4 Å². The number of anilines is 1. The first-order valence-corrected chi connectivity index (χ1v) is 7.96. The molecule has 2 amide bonds. The van der Waals surface area contributed by atoms with Gasteiger partial charge in [-0.15, -0.1) is 0 Å². The number of para-hydroxylation sites is 1. The van der Waals surface area contributed by atoms with Gasteiger partial charge in [-0.25, -0.2) is 0 Å². The average Bonchev–Trinajstić information content (AvgIpc) is 2.41. The summed E-state index contributed by atoms with van der Waals surface area (Å²) in [5, 5.41) is 5.85.